The molecule has 1 saturated heterocycles. The quantitative estimate of drug-likeness (QED) is 0.662. The number of hydrogen-bond acceptors (Lipinski definition) is 2. The molecule has 3 nitrogen and oxygen atoms in total. The van der Waals surface area contributed by atoms with Crippen LogP contribution in [0.4, 0.5) is 0 Å². The average molecular weight is 171 g/mol. The van der Waals surface area contributed by atoms with Crippen molar-refractivity contribution in [1.82, 2.24) is 4.90 Å². The highest BCUT2D eigenvalue weighted by Gasteiger charge is 2.32. The van der Waals surface area contributed by atoms with Crippen LogP contribution in [0.25, 0.3) is 0 Å². The van der Waals surface area contributed by atoms with E-state index >= 15 is 0 Å². The maximum atomic E-state index is 11.3. The molecule has 0 spiro atoms. The molecule has 0 aromatic rings. The molecule has 0 radical (unpaired) electrons. The van der Waals surface area contributed by atoms with Crippen LogP contribution in [-0.2, 0) is 4.79 Å². The van der Waals surface area contributed by atoms with Crippen LogP contribution in [0.3, 0.4) is 0 Å². The smallest absolute Gasteiger partial charge is 0.222 e. The molecule has 0 bridgehead atoms. The zero-order chi connectivity index (χ0) is 9.14. The molecule has 1 rings (SSSR count). The summed E-state index contributed by atoms with van der Waals surface area (Å²) in [6.07, 6.45) is 1.57. The van der Waals surface area contributed by atoms with E-state index in [-0.39, 0.29) is 18.6 Å². The fourth-order valence-electron chi connectivity index (χ4n) is 1.80. The van der Waals surface area contributed by atoms with E-state index in [0.717, 1.165) is 13.0 Å². The summed E-state index contributed by atoms with van der Waals surface area (Å²) in [4.78, 5) is 13.2. The molecule has 0 aromatic heterocycles. The van der Waals surface area contributed by atoms with Crippen molar-refractivity contribution in [3.63, 3.8) is 0 Å². The summed E-state index contributed by atoms with van der Waals surface area (Å²) in [5, 5.41) is 9.06. The zero-order valence-corrected chi connectivity index (χ0v) is 7.79. The van der Waals surface area contributed by atoms with E-state index in [1.165, 1.54) is 0 Å². The summed E-state index contributed by atoms with van der Waals surface area (Å²) in [6, 6.07) is 0.0671. The fraction of sp³-hybridized carbons (Fsp3) is 0.889. The summed E-state index contributed by atoms with van der Waals surface area (Å²) in [5.74, 6) is 0.615. The minimum absolute atomic E-state index is 0.0671. The summed E-state index contributed by atoms with van der Waals surface area (Å²) < 4.78 is 0. The maximum Gasteiger partial charge on any atom is 0.222 e. The molecule has 12 heavy (non-hydrogen) atoms. The van der Waals surface area contributed by atoms with Gasteiger partial charge < -0.3 is 10.0 Å². The Kier molecular flexibility index (Phi) is 3.09. The van der Waals surface area contributed by atoms with Crippen LogP contribution in [0, 0.1) is 5.92 Å². The van der Waals surface area contributed by atoms with Gasteiger partial charge in [-0.05, 0) is 12.3 Å². The minimum Gasteiger partial charge on any atom is -0.394 e. The molecule has 1 aliphatic heterocycles. The largest absolute Gasteiger partial charge is 0.394 e. The Hall–Kier alpha value is -0.570. The van der Waals surface area contributed by atoms with Crippen molar-refractivity contribution >= 4 is 5.91 Å². The molecule has 0 saturated carbocycles. The minimum atomic E-state index is 0.0671. The summed E-state index contributed by atoms with van der Waals surface area (Å²) >= 11 is 0. The van der Waals surface area contributed by atoms with E-state index in [2.05, 4.69) is 6.92 Å². The number of aliphatic hydroxyl groups is 1. The molecule has 1 heterocycles. The maximum absolute atomic E-state index is 11.3. The van der Waals surface area contributed by atoms with Gasteiger partial charge in [0.05, 0.1) is 12.6 Å². The molecule has 1 aliphatic rings. The zero-order valence-electron chi connectivity index (χ0n) is 7.79. The van der Waals surface area contributed by atoms with Crippen LogP contribution in [0.15, 0.2) is 0 Å². The van der Waals surface area contributed by atoms with Crippen molar-refractivity contribution in [2.75, 3.05) is 13.2 Å². The first-order valence-electron chi connectivity index (χ1n) is 4.61. The van der Waals surface area contributed by atoms with Crippen LogP contribution >= 0.6 is 0 Å². The number of carbonyl (C=O) groups excluding carboxylic acids is 1. The third-order valence-corrected chi connectivity index (χ3v) is 2.69. The van der Waals surface area contributed by atoms with Crippen molar-refractivity contribution in [3.05, 3.63) is 0 Å². The second kappa shape index (κ2) is 3.90. The highest BCUT2D eigenvalue weighted by molar-refractivity contribution is 5.76. The Morgan fingerprint density at radius 3 is 2.83 bits per heavy atom. The van der Waals surface area contributed by atoms with Gasteiger partial charge in [-0.25, -0.2) is 0 Å². The Labute approximate surface area is 73.4 Å². The molecule has 2 unspecified atom stereocenters. The summed E-state index contributed by atoms with van der Waals surface area (Å²) in [7, 11) is 0. The van der Waals surface area contributed by atoms with Crippen molar-refractivity contribution in [3.8, 4) is 0 Å². The van der Waals surface area contributed by atoms with Gasteiger partial charge in [-0.3, -0.25) is 4.79 Å². The lowest BCUT2D eigenvalue weighted by molar-refractivity contribution is -0.132. The van der Waals surface area contributed by atoms with Gasteiger partial charge in [-0.2, -0.15) is 0 Å². The third kappa shape index (κ3) is 1.61. The Bertz CT molecular complexity index is 170. The molecule has 0 aliphatic carbocycles. The van der Waals surface area contributed by atoms with Crippen LogP contribution in [0.1, 0.15) is 26.7 Å². The van der Waals surface area contributed by atoms with Gasteiger partial charge in [0.25, 0.3) is 0 Å². The van der Waals surface area contributed by atoms with Gasteiger partial charge in [0.1, 0.15) is 0 Å². The Morgan fingerprint density at radius 1 is 1.67 bits per heavy atom. The highest BCUT2D eigenvalue weighted by Crippen LogP contribution is 2.23. The first kappa shape index (κ1) is 9.52. The fourth-order valence-corrected chi connectivity index (χ4v) is 1.80. The number of nitrogens with zero attached hydrogens (tertiary/aromatic N) is 1. The van der Waals surface area contributed by atoms with E-state index in [1.54, 1.807) is 0 Å². The number of aliphatic hydroxyl groups excluding tert-OH is 1. The predicted molar refractivity (Wildman–Crippen MR) is 46.7 cm³/mol. The lowest BCUT2D eigenvalue weighted by atomic mass is 10.0. The predicted octanol–water partition coefficient (Wildman–Crippen LogP) is 0.626. The van der Waals surface area contributed by atoms with Crippen molar-refractivity contribution in [1.29, 1.82) is 0 Å². The highest BCUT2D eigenvalue weighted by atomic mass is 16.3. The summed E-state index contributed by atoms with van der Waals surface area (Å²) in [5.41, 5.74) is 0. The second-order valence-corrected chi connectivity index (χ2v) is 3.46. The Morgan fingerprint density at radius 2 is 2.33 bits per heavy atom. The monoisotopic (exact) mass is 171 g/mol. The lowest BCUT2D eigenvalue weighted by Gasteiger charge is -2.24. The molecular weight excluding hydrogens is 154 g/mol. The summed E-state index contributed by atoms with van der Waals surface area (Å²) in [6.45, 7) is 4.87. The average Bonchev–Trinajstić information content (AvgIpc) is 2.45. The molecule has 1 fully saturated rings. The molecule has 1 N–H and O–H groups in total. The number of rotatable bonds is 2. The third-order valence-electron chi connectivity index (χ3n) is 2.69. The van der Waals surface area contributed by atoms with Gasteiger partial charge in [0, 0.05) is 13.0 Å². The Balaban J connectivity index is 2.60. The molecule has 1 amide bonds. The molecule has 3 heteroatoms. The number of amides is 1. The van der Waals surface area contributed by atoms with Crippen LogP contribution in [0.5, 0.6) is 0 Å². The number of likely N-dealkylation sites (tertiary alicyclic amines) is 1. The molecule has 70 valence electrons. The van der Waals surface area contributed by atoms with E-state index in [1.807, 2.05) is 11.8 Å². The number of hydrogen-bond donors (Lipinski definition) is 1. The van der Waals surface area contributed by atoms with Crippen molar-refractivity contribution in [2.24, 2.45) is 5.92 Å². The second-order valence-electron chi connectivity index (χ2n) is 3.46. The number of carbonyl (C=O) groups is 1. The van der Waals surface area contributed by atoms with E-state index in [0.29, 0.717) is 12.3 Å². The van der Waals surface area contributed by atoms with Crippen LogP contribution < -0.4 is 0 Å². The molecule has 0 aromatic carbocycles. The first-order valence-corrected chi connectivity index (χ1v) is 4.61. The molecule has 2 atom stereocenters. The van der Waals surface area contributed by atoms with Crippen LogP contribution in [-0.4, -0.2) is 35.1 Å². The topological polar surface area (TPSA) is 40.5 Å². The van der Waals surface area contributed by atoms with E-state index < -0.39 is 0 Å². The van der Waals surface area contributed by atoms with Crippen LogP contribution in [0.2, 0.25) is 0 Å². The SMILES string of the molecule is CCC(=O)N1CCC(C)C1CO. The molecular formula is C9H17NO2. The lowest BCUT2D eigenvalue weighted by Crippen LogP contribution is -2.39. The first-order chi connectivity index (χ1) is 5.70. The van der Waals surface area contributed by atoms with Crippen molar-refractivity contribution < 1.29 is 9.90 Å². The normalized spacial score (nSPS) is 29.4. The van der Waals surface area contributed by atoms with E-state index in [4.69, 9.17) is 5.11 Å². The van der Waals surface area contributed by atoms with Gasteiger partial charge >= 0.3 is 0 Å². The van der Waals surface area contributed by atoms with E-state index in [9.17, 15) is 4.79 Å². The van der Waals surface area contributed by atoms with Gasteiger partial charge in [-0.15, -0.1) is 0 Å². The standard InChI is InChI=1S/C9H17NO2/c1-3-9(12)10-5-4-7(2)8(10)6-11/h7-8,11H,3-6H2,1-2H3. The van der Waals surface area contributed by atoms with Crippen molar-refractivity contribution in [2.45, 2.75) is 32.7 Å². The van der Waals surface area contributed by atoms with Gasteiger partial charge in [0.15, 0.2) is 0 Å². The van der Waals surface area contributed by atoms with Gasteiger partial charge in [0.2, 0.25) is 5.91 Å². The van der Waals surface area contributed by atoms with Gasteiger partial charge in [-0.1, -0.05) is 13.8 Å².